The standard InChI is InChI=1S/C12H12BrF2N3OS/c13-8-3-2-7(20-8)12(4-1-5-12)6-16-11-18-17-10(19-11)9(14)15/h2-3,9H,1,4-6H2,(H,16,18). The van der Waals surface area contributed by atoms with Gasteiger partial charge in [-0.1, -0.05) is 11.5 Å². The smallest absolute Gasteiger partial charge is 0.315 e. The summed E-state index contributed by atoms with van der Waals surface area (Å²) in [6.45, 7) is 0.616. The first-order valence-corrected chi connectivity index (χ1v) is 7.81. The highest BCUT2D eigenvalue weighted by molar-refractivity contribution is 9.11. The number of hydrogen-bond acceptors (Lipinski definition) is 5. The Morgan fingerprint density at radius 2 is 2.20 bits per heavy atom. The van der Waals surface area contributed by atoms with Gasteiger partial charge in [-0.15, -0.1) is 16.4 Å². The maximum Gasteiger partial charge on any atom is 0.315 e. The Hall–Kier alpha value is -1.02. The zero-order valence-corrected chi connectivity index (χ0v) is 12.8. The van der Waals surface area contributed by atoms with Crippen molar-refractivity contribution in [2.24, 2.45) is 0 Å². The van der Waals surface area contributed by atoms with Crippen LogP contribution in [0.4, 0.5) is 14.8 Å². The lowest BCUT2D eigenvalue weighted by Gasteiger charge is -2.41. The van der Waals surface area contributed by atoms with Crippen LogP contribution >= 0.6 is 27.3 Å². The van der Waals surface area contributed by atoms with E-state index < -0.39 is 12.3 Å². The van der Waals surface area contributed by atoms with E-state index in [0.717, 1.165) is 16.6 Å². The third-order valence-corrected chi connectivity index (χ3v) is 5.48. The Kier molecular flexibility index (Phi) is 3.76. The van der Waals surface area contributed by atoms with E-state index in [2.05, 4.69) is 37.5 Å². The van der Waals surface area contributed by atoms with Gasteiger partial charge in [0.25, 0.3) is 5.89 Å². The minimum Gasteiger partial charge on any atom is -0.402 e. The Morgan fingerprint density at radius 1 is 1.40 bits per heavy atom. The molecule has 1 N–H and O–H groups in total. The minimum absolute atomic E-state index is 0.0517. The molecule has 3 rings (SSSR count). The second-order valence-corrected chi connectivity index (χ2v) is 7.30. The fourth-order valence-electron chi connectivity index (χ4n) is 2.35. The third-order valence-electron chi connectivity index (χ3n) is 3.61. The zero-order chi connectivity index (χ0) is 14.2. The zero-order valence-electron chi connectivity index (χ0n) is 10.4. The number of nitrogens with zero attached hydrogens (tertiary/aromatic N) is 2. The highest BCUT2D eigenvalue weighted by Gasteiger charge is 2.40. The summed E-state index contributed by atoms with van der Waals surface area (Å²) in [4.78, 5) is 1.29. The molecule has 0 aromatic carbocycles. The molecule has 0 bridgehead atoms. The SMILES string of the molecule is FC(F)c1nnc(NCC2(c3ccc(Br)s3)CCC2)o1. The van der Waals surface area contributed by atoms with Crippen LogP contribution in [-0.4, -0.2) is 16.7 Å². The number of thiophene rings is 1. The third kappa shape index (κ3) is 2.58. The van der Waals surface area contributed by atoms with Crippen LogP contribution in [0.25, 0.3) is 0 Å². The van der Waals surface area contributed by atoms with Crippen LogP contribution in [0.15, 0.2) is 20.3 Å². The highest BCUT2D eigenvalue weighted by atomic mass is 79.9. The summed E-state index contributed by atoms with van der Waals surface area (Å²) in [6, 6.07) is 4.19. The first-order chi connectivity index (χ1) is 9.59. The van der Waals surface area contributed by atoms with Crippen LogP contribution in [-0.2, 0) is 5.41 Å². The average molecular weight is 364 g/mol. The summed E-state index contributed by atoms with van der Waals surface area (Å²) in [5, 5.41) is 9.88. The normalized spacial score (nSPS) is 17.2. The molecule has 0 unspecified atom stereocenters. The van der Waals surface area contributed by atoms with E-state index in [9.17, 15) is 8.78 Å². The summed E-state index contributed by atoms with van der Waals surface area (Å²) in [5.74, 6) is -0.644. The van der Waals surface area contributed by atoms with Gasteiger partial charge in [-0.05, 0) is 40.9 Å². The van der Waals surface area contributed by atoms with E-state index in [1.165, 1.54) is 11.3 Å². The minimum atomic E-state index is -2.73. The number of aromatic nitrogens is 2. The molecule has 2 heterocycles. The second-order valence-electron chi connectivity index (χ2n) is 4.84. The summed E-state index contributed by atoms with van der Waals surface area (Å²) in [7, 11) is 0. The molecule has 108 valence electrons. The molecule has 0 amide bonds. The number of nitrogens with one attached hydrogen (secondary N) is 1. The van der Waals surface area contributed by atoms with Crippen LogP contribution in [0.3, 0.4) is 0 Å². The van der Waals surface area contributed by atoms with E-state index in [1.54, 1.807) is 11.3 Å². The molecule has 0 aliphatic heterocycles. The fourth-order valence-corrected chi connectivity index (χ4v) is 3.98. The first kappa shape index (κ1) is 13.9. The molecular weight excluding hydrogens is 352 g/mol. The monoisotopic (exact) mass is 363 g/mol. The van der Waals surface area contributed by atoms with Gasteiger partial charge in [0.2, 0.25) is 0 Å². The molecule has 20 heavy (non-hydrogen) atoms. The quantitative estimate of drug-likeness (QED) is 0.856. The summed E-state index contributed by atoms with van der Waals surface area (Å²) < 4.78 is 30.7. The molecule has 0 spiro atoms. The van der Waals surface area contributed by atoms with E-state index in [4.69, 9.17) is 4.42 Å². The van der Waals surface area contributed by atoms with Gasteiger partial charge in [-0.2, -0.15) is 8.78 Å². The van der Waals surface area contributed by atoms with E-state index in [1.807, 2.05) is 6.07 Å². The van der Waals surface area contributed by atoms with Gasteiger partial charge < -0.3 is 9.73 Å². The Morgan fingerprint density at radius 3 is 2.70 bits per heavy atom. The van der Waals surface area contributed by atoms with Crippen LogP contribution in [0.5, 0.6) is 0 Å². The molecule has 0 saturated heterocycles. The van der Waals surface area contributed by atoms with Crippen molar-refractivity contribution in [3.05, 3.63) is 26.7 Å². The van der Waals surface area contributed by atoms with Crippen molar-refractivity contribution in [2.75, 3.05) is 11.9 Å². The van der Waals surface area contributed by atoms with Gasteiger partial charge in [0.05, 0.1) is 3.79 Å². The van der Waals surface area contributed by atoms with Crippen LogP contribution in [0.2, 0.25) is 0 Å². The molecule has 1 fully saturated rings. The van der Waals surface area contributed by atoms with Crippen molar-refractivity contribution < 1.29 is 13.2 Å². The molecule has 1 aliphatic rings. The van der Waals surface area contributed by atoms with Gasteiger partial charge in [0.1, 0.15) is 0 Å². The lowest BCUT2D eigenvalue weighted by atomic mass is 9.68. The molecule has 2 aromatic heterocycles. The van der Waals surface area contributed by atoms with Gasteiger partial charge in [-0.25, -0.2) is 0 Å². The molecule has 1 aliphatic carbocycles. The maximum atomic E-state index is 12.4. The predicted octanol–water partition coefficient (Wildman–Crippen LogP) is 4.37. The van der Waals surface area contributed by atoms with Gasteiger partial charge >= 0.3 is 12.4 Å². The maximum absolute atomic E-state index is 12.4. The van der Waals surface area contributed by atoms with Gasteiger partial charge in [0.15, 0.2) is 0 Å². The molecule has 1 saturated carbocycles. The number of anilines is 1. The fraction of sp³-hybridized carbons (Fsp3) is 0.500. The Labute approximate surface area is 126 Å². The van der Waals surface area contributed by atoms with Gasteiger partial charge in [0, 0.05) is 16.8 Å². The topological polar surface area (TPSA) is 51.0 Å². The highest BCUT2D eigenvalue weighted by Crippen LogP contribution is 2.47. The number of halogens is 3. The number of hydrogen-bond donors (Lipinski definition) is 1. The van der Waals surface area contributed by atoms with Crippen molar-refractivity contribution >= 4 is 33.3 Å². The van der Waals surface area contributed by atoms with E-state index >= 15 is 0 Å². The molecule has 0 radical (unpaired) electrons. The molecule has 2 aromatic rings. The van der Waals surface area contributed by atoms with E-state index in [0.29, 0.717) is 6.54 Å². The molecule has 4 nitrogen and oxygen atoms in total. The van der Waals surface area contributed by atoms with Gasteiger partial charge in [-0.3, -0.25) is 0 Å². The molecular formula is C12H12BrF2N3OS. The van der Waals surface area contributed by atoms with E-state index in [-0.39, 0.29) is 11.4 Å². The number of rotatable bonds is 5. The Bertz CT molecular complexity index is 597. The first-order valence-electron chi connectivity index (χ1n) is 6.20. The van der Waals surface area contributed by atoms with Crippen molar-refractivity contribution in [1.82, 2.24) is 10.2 Å². The van der Waals surface area contributed by atoms with Crippen LogP contribution in [0, 0.1) is 0 Å². The second kappa shape index (κ2) is 5.40. The van der Waals surface area contributed by atoms with Crippen molar-refractivity contribution in [2.45, 2.75) is 31.1 Å². The molecule has 0 atom stereocenters. The number of alkyl halides is 2. The van der Waals surface area contributed by atoms with Crippen LogP contribution < -0.4 is 5.32 Å². The lowest BCUT2D eigenvalue weighted by Crippen LogP contribution is -2.40. The summed E-state index contributed by atoms with van der Waals surface area (Å²) >= 11 is 5.17. The Balaban J connectivity index is 1.69. The van der Waals surface area contributed by atoms with Crippen molar-refractivity contribution in [3.8, 4) is 0 Å². The van der Waals surface area contributed by atoms with Crippen molar-refractivity contribution in [1.29, 1.82) is 0 Å². The predicted molar refractivity (Wildman–Crippen MR) is 75.3 cm³/mol. The summed E-state index contributed by atoms with van der Waals surface area (Å²) in [6.07, 6.45) is 0.582. The van der Waals surface area contributed by atoms with Crippen LogP contribution in [0.1, 0.15) is 36.5 Å². The lowest BCUT2D eigenvalue weighted by molar-refractivity contribution is 0.116. The summed E-state index contributed by atoms with van der Waals surface area (Å²) in [5.41, 5.74) is 0.0517. The molecule has 8 heteroatoms. The largest absolute Gasteiger partial charge is 0.402 e. The average Bonchev–Trinajstić information content (AvgIpc) is 2.97. The van der Waals surface area contributed by atoms with Crippen molar-refractivity contribution in [3.63, 3.8) is 0 Å².